The molecule has 3 unspecified atom stereocenters. The minimum Gasteiger partial charge on any atom is -0.445 e. The Morgan fingerprint density at radius 3 is 2.47 bits per heavy atom. The van der Waals surface area contributed by atoms with Gasteiger partial charge in [0.15, 0.2) is 5.89 Å². The molecule has 3 atom stereocenters. The smallest absolute Gasteiger partial charge is 0.391 e. The van der Waals surface area contributed by atoms with E-state index in [1.165, 1.54) is 0 Å². The number of aromatic nitrogens is 1. The van der Waals surface area contributed by atoms with Crippen molar-refractivity contribution >= 4 is 0 Å². The van der Waals surface area contributed by atoms with Gasteiger partial charge in [0.1, 0.15) is 11.9 Å². The Morgan fingerprint density at radius 2 is 1.95 bits per heavy atom. The van der Waals surface area contributed by atoms with E-state index >= 15 is 0 Å². The first-order valence-electron chi connectivity index (χ1n) is 6.48. The molecule has 0 spiro atoms. The molecule has 1 aromatic heterocycles. The topological polar surface area (TPSA) is 26.0 Å². The minimum atomic E-state index is -4.35. The maximum atomic E-state index is 13.5. The Kier molecular flexibility index (Phi) is 3.87. The lowest BCUT2D eigenvalue weighted by molar-refractivity contribution is -0.188. The lowest BCUT2D eigenvalue weighted by atomic mass is 9.80. The standard InChI is InChI=1S/C13H17F4NO/c1-3-11-7(2)19-12(18-11)8-4-9(13(15,16)17)6-10(14)5-8/h8-10H,3-6H2,1-2H3. The molecule has 0 bridgehead atoms. The first-order chi connectivity index (χ1) is 8.81. The molecule has 0 amide bonds. The molecule has 19 heavy (non-hydrogen) atoms. The summed E-state index contributed by atoms with van der Waals surface area (Å²) in [4.78, 5) is 4.20. The van der Waals surface area contributed by atoms with Crippen LogP contribution in [-0.4, -0.2) is 17.3 Å². The molecule has 1 fully saturated rings. The van der Waals surface area contributed by atoms with Crippen LogP contribution in [0.1, 0.15) is 49.4 Å². The van der Waals surface area contributed by atoms with Gasteiger partial charge >= 0.3 is 6.18 Å². The third kappa shape index (κ3) is 3.09. The number of alkyl halides is 4. The second kappa shape index (κ2) is 5.13. The zero-order valence-corrected chi connectivity index (χ0v) is 10.9. The molecule has 0 N–H and O–H groups in total. The van der Waals surface area contributed by atoms with E-state index < -0.39 is 30.6 Å². The van der Waals surface area contributed by atoms with Crippen molar-refractivity contribution in [3.8, 4) is 0 Å². The molecule has 0 aromatic carbocycles. The number of nitrogens with zero attached hydrogens (tertiary/aromatic N) is 1. The highest BCUT2D eigenvalue weighted by Gasteiger charge is 2.46. The van der Waals surface area contributed by atoms with Gasteiger partial charge in [-0.05, 0) is 32.6 Å². The highest BCUT2D eigenvalue weighted by Crippen LogP contribution is 2.44. The van der Waals surface area contributed by atoms with E-state index in [0.29, 0.717) is 12.2 Å². The Morgan fingerprint density at radius 1 is 1.26 bits per heavy atom. The lowest BCUT2D eigenvalue weighted by Crippen LogP contribution is -2.32. The van der Waals surface area contributed by atoms with E-state index in [1.54, 1.807) is 6.92 Å². The second-order valence-electron chi connectivity index (χ2n) is 5.15. The Bertz CT molecular complexity index is 440. The summed E-state index contributed by atoms with van der Waals surface area (Å²) < 4.78 is 57.1. The van der Waals surface area contributed by atoms with Gasteiger partial charge in [-0.3, -0.25) is 0 Å². The van der Waals surface area contributed by atoms with Crippen molar-refractivity contribution in [3.63, 3.8) is 0 Å². The van der Waals surface area contributed by atoms with Crippen LogP contribution < -0.4 is 0 Å². The van der Waals surface area contributed by atoms with E-state index in [0.717, 1.165) is 5.69 Å². The van der Waals surface area contributed by atoms with E-state index in [1.807, 2.05) is 6.92 Å². The number of hydrogen-bond donors (Lipinski definition) is 0. The average molecular weight is 279 g/mol. The Labute approximate surface area is 109 Å². The fourth-order valence-corrected chi connectivity index (χ4v) is 2.67. The lowest BCUT2D eigenvalue weighted by Gasteiger charge is -2.31. The number of oxazole rings is 1. The number of aryl methyl sites for hydroxylation is 2. The van der Waals surface area contributed by atoms with E-state index in [9.17, 15) is 17.6 Å². The first kappa shape index (κ1) is 14.3. The molecular formula is C13H17F4NO. The van der Waals surface area contributed by atoms with Crippen molar-refractivity contribution in [3.05, 3.63) is 17.3 Å². The molecule has 0 aliphatic heterocycles. The Hall–Kier alpha value is -1.07. The van der Waals surface area contributed by atoms with Crippen LogP contribution in [0.25, 0.3) is 0 Å². The van der Waals surface area contributed by atoms with Crippen LogP contribution >= 0.6 is 0 Å². The summed E-state index contributed by atoms with van der Waals surface area (Å²) >= 11 is 0. The van der Waals surface area contributed by atoms with Gasteiger partial charge in [0, 0.05) is 5.92 Å². The molecule has 1 aromatic rings. The van der Waals surface area contributed by atoms with Gasteiger partial charge in [-0.25, -0.2) is 9.37 Å². The van der Waals surface area contributed by atoms with Gasteiger partial charge in [-0.1, -0.05) is 6.92 Å². The molecule has 6 heteroatoms. The van der Waals surface area contributed by atoms with Crippen LogP contribution in [0.2, 0.25) is 0 Å². The average Bonchev–Trinajstić information content (AvgIpc) is 2.68. The molecule has 2 nitrogen and oxygen atoms in total. The Balaban J connectivity index is 2.19. The van der Waals surface area contributed by atoms with E-state index in [-0.39, 0.29) is 18.7 Å². The maximum Gasteiger partial charge on any atom is 0.391 e. The third-order valence-electron chi connectivity index (χ3n) is 3.71. The van der Waals surface area contributed by atoms with E-state index in [2.05, 4.69) is 4.98 Å². The quantitative estimate of drug-likeness (QED) is 0.753. The molecule has 1 aliphatic rings. The number of halogens is 4. The van der Waals surface area contributed by atoms with Crippen LogP contribution in [0.15, 0.2) is 4.42 Å². The summed E-state index contributed by atoms with van der Waals surface area (Å²) in [6, 6.07) is 0. The van der Waals surface area contributed by atoms with E-state index in [4.69, 9.17) is 4.42 Å². The summed E-state index contributed by atoms with van der Waals surface area (Å²) in [7, 11) is 0. The second-order valence-corrected chi connectivity index (χ2v) is 5.15. The van der Waals surface area contributed by atoms with Gasteiger partial charge in [-0.15, -0.1) is 0 Å². The number of rotatable bonds is 2. The van der Waals surface area contributed by atoms with Crippen LogP contribution in [0.3, 0.4) is 0 Å². The molecule has 0 radical (unpaired) electrons. The van der Waals surface area contributed by atoms with Gasteiger partial charge in [0.05, 0.1) is 11.6 Å². The summed E-state index contributed by atoms with van der Waals surface area (Å²) in [5, 5.41) is 0. The zero-order chi connectivity index (χ0) is 14.2. The van der Waals surface area contributed by atoms with Crippen molar-refractivity contribution in [2.24, 2.45) is 5.92 Å². The SMILES string of the molecule is CCc1nc(C2CC(F)CC(C(F)(F)F)C2)oc1C. The minimum absolute atomic E-state index is 0.0652. The van der Waals surface area contributed by atoms with Crippen molar-refractivity contribution in [1.82, 2.24) is 4.98 Å². The predicted octanol–water partition coefficient (Wildman–Crippen LogP) is 4.33. The van der Waals surface area contributed by atoms with Gasteiger partial charge in [0.2, 0.25) is 0 Å². The fraction of sp³-hybridized carbons (Fsp3) is 0.769. The molecule has 1 aliphatic carbocycles. The van der Waals surface area contributed by atoms with Crippen molar-refractivity contribution < 1.29 is 22.0 Å². The van der Waals surface area contributed by atoms with Gasteiger partial charge in [0.25, 0.3) is 0 Å². The van der Waals surface area contributed by atoms with Gasteiger partial charge < -0.3 is 4.42 Å². The molecule has 108 valence electrons. The molecule has 0 saturated heterocycles. The summed E-state index contributed by atoms with van der Waals surface area (Å²) in [6.45, 7) is 3.62. The number of hydrogen-bond acceptors (Lipinski definition) is 2. The van der Waals surface area contributed by atoms with Crippen LogP contribution in [0, 0.1) is 12.8 Å². The molecule has 2 rings (SSSR count). The van der Waals surface area contributed by atoms with Crippen LogP contribution in [0.4, 0.5) is 17.6 Å². The molecule has 1 heterocycles. The van der Waals surface area contributed by atoms with Crippen LogP contribution in [0.5, 0.6) is 0 Å². The van der Waals surface area contributed by atoms with Crippen LogP contribution in [-0.2, 0) is 6.42 Å². The molecular weight excluding hydrogens is 262 g/mol. The summed E-state index contributed by atoms with van der Waals surface area (Å²) in [5.41, 5.74) is 0.736. The first-order valence-corrected chi connectivity index (χ1v) is 6.48. The monoisotopic (exact) mass is 279 g/mol. The zero-order valence-electron chi connectivity index (χ0n) is 10.9. The fourth-order valence-electron chi connectivity index (χ4n) is 2.67. The van der Waals surface area contributed by atoms with Crippen molar-refractivity contribution in [1.29, 1.82) is 0 Å². The summed E-state index contributed by atoms with van der Waals surface area (Å²) in [6.07, 6.45) is -5.65. The molecule has 1 saturated carbocycles. The van der Waals surface area contributed by atoms with Crippen molar-refractivity contribution in [2.45, 2.75) is 57.8 Å². The highest BCUT2D eigenvalue weighted by atomic mass is 19.4. The third-order valence-corrected chi connectivity index (χ3v) is 3.71. The highest BCUT2D eigenvalue weighted by molar-refractivity contribution is 5.11. The predicted molar refractivity (Wildman–Crippen MR) is 61.7 cm³/mol. The summed E-state index contributed by atoms with van der Waals surface area (Å²) in [5.74, 6) is -1.30. The normalized spacial score (nSPS) is 28.6. The largest absolute Gasteiger partial charge is 0.445 e. The maximum absolute atomic E-state index is 13.5. The van der Waals surface area contributed by atoms with Gasteiger partial charge in [-0.2, -0.15) is 13.2 Å². The van der Waals surface area contributed by atoms with Crippen molar-refractivity contribution in [2.75, 3.05) is 0 Å².